The fourth-order valence-corrected chi connectivity index (χ4v) is 3.29. The highest BCUT2D eigenvalue weighted by Gasteiger charge is 2.25. The van der Waals surface area contributed by atoms with Gasteiger partial charge in [-0.2, -0.15) is 0 Å². The van der Waals surface area contributed by atoms with Crippen LogP contribution in [0.5, 0.6) is 0 Å². The van der Waals surface area contributed by atoms with Crippen molar-refractivity contribution in [1.82, 2.24) is 10.2 Å². The molecule has 1 aliphatic heterocycles. The zero-order chi connectivity index (χ0) is 15.4. The molecule has 1 aromatic heterocycles. The third-order valence-electron chi connectivity index (χ3n) is 3.59. The second kappa shape index (κ2) is 6.91. The first-order chi connectivity index (χ1) is 10.0. The van der Waals surface area contributed by atoms with E-state index in [0.717, 1.165) is 17.7 Å². The minimum absolute atomic E-state index is 0.0291. The van der Waals surface area contributed by atoms with E-state index in [2.05, 4.69) is 5.32 Å². The van der Waals surface area contributed by atoms with Gasteiger partial charge in [0.25, 0.3) is 5.91 Å². The SMILES string of the molecule is COCC(=O)NC1CCN(C(=O)c2cc(N)c(C)s2)CC1. The van der Waals surface area contributed by atoms with Crippen LogP contribution in [0.2, 0.25) is 0 Å². The first-order valence-electron chi connectivity index (χ1n) is 6.94. The number of nitrogens with zero attached hydrogens (tertiary/aromatic N) is 1. The number of nitrogens with two attached hydrogens (primary N) is 1. The first-order valence-corrected chi connectivity index (χ1v) is 7.76. The molecule has 0 spiro atoms. The summed E-state index contributed by atoms with van der Waals surface area (Å²) in [6.07, 6.45) is 1.53. The summed E-state index contributed by atoms with van der Waals surface area (Å²) in [7, 11) is 1.50. The largest absolute Gasteiger partial charge is 0.398 e. The Labute approximate surface area is 128 Å². The highest BCUT2D eigenvalue weighted by atomic mass is 32.1. The summed E-state index contributed by atoms with van der Waals surface area (Å²) < 4.78 is 4.79. The number of carbonyl (C=O) groups excluding carboxylic acids is 2. The number of thiophene rings is 1. The van der Waals surface area contributed by atoms with Crippen molar-refractivity contribution in [2.24, 2.45) is 0 Å². The number of amides is 2. The van der Waals surface area contributed by atoms with Gasteiger partial charge in [0.1, 0.15) is 6.61 Å². The molecule has 1 fully saturated rings. The van der Waals surface area contributed by atoms with E-state index >= 15 is 0 Å². The smallest absolute Gasteiger partial charge is 0.264 e. The van der Waals surface area contributed by atoms with Gasteiger partial charge in [-0.05, 0) is 25.8 Å². The van der Waals surface area contributed by atoms with Gasteiger partial charge >= 0.3 is 0 Å². The standard InChI is InChI=1S/C14H21N3O3S/c1-9-11(15)7-12(21-9)14(19)17-5-3-10(4-6-17)16-13(18)8-20-2/h7,10H,3-6,8,15H2,1-2H3,(H,16,18). The topological polar surface area (TPSA) is 84.7 Å². The Hall–Kier alpha value is -1.60. The Balaban J connectivity index is 1.86. The van der Waals surface area contributed by atoms with Crippen molar-refractivity contribution in [2.45, 2.75) is 25.8 Å². The van der Waals surface area contributed by atoms with E-state index in [4.69, 9.17) is 10.5 Å². The fraction of sp³-hybridized carbons (Fsp3) is 0.571. The number of carbonyl (C=O) groups is 2. The molecule has 0 unspecified atom stereocenters. The van der Waals surface area contributed by atoms with Gasteiger partial charge in [-0.3, -0.25) is 9.59 Å². The number of hydrogen-bond acceptors (Lipinski definition) is 5. The number of nitrogens with one attached hydrogen (secondary N) is 1. The summed E-state index contributed by atoms with van der Waals surface area (Å²) in [4.78, 5) is 27.3. The van der Waals surface area contributed by atoms with Crippen molar-refractivity contribution in [1.29, 1.82) is 0 Å². The normalized spacial score (nSPS) is 16.0. The average Bonchev–Trinajstić information content (AvgIpc) is 2.79. The Morgan fingerprint density at radius 1 is 1.48 bits per heavy atom. The van der Waals surface area contributed by atoms with Crippen LogP contribution in [0, 0.1) is 6.92 Å². The quantitative estimate of drug-likeness (QED) is 0.869. The van der Waals surface area contributed by atoms with Gasteiger partial charge in [0, 0.05) is 36.8 Å². The van der Waals surface area contributed by atoms with E-state index in [0.29, 0.717) is 23.7 Å². The molecule has 0 saturated carbocycles. The third kappa shape index (κ3) is 3.95. The molecular formula is C14H21N3O3S. The van der Waals surface area contributed by atoms with E-state index < -0.39 is 0 Å². The van der Waals surface area contributed by atoms with E-state index in [1.165, 1.54) is 18.4 Å². The molecule has 3 N–H and O–H groups in total. The zero-order valence-electron chi connectivity index (χ0n) is 12.3. The molecule has 0 radical (unpaired) electrons. The monoisotopic (exact) mass is 311 g/mol. The minimum Gasteiger partial charge on any atom is -0.398 e. The molecule has 6 nitrogen and oxygen atoms in total. The molecule has 7 heteroatoms. The molecule has 1 aliphatic rings. The number of piperidine rings is 1. The number of methoxy groups -OCH3 is 1. The Morgan fingerprint density at radius 3 is 2.67 bits per heavy atom. The van der Waals surface area contributed by atoms with Crippen LogP contribution in [0.1, 0.15) is 27.4 Å². The summed E-state index contributed by atoms with van der Waals surface area (Å²) in [6.45, 7) is 3.28. The summed E-state index contributed by atoms with van der Waals surface area (Å²) in [5, 5.41) is 2.91. The van der Waals surface area contributed by atoms with Gasteiger partial charge in [0.2, 0.25) is 5.91 Å². The van der Waals surface area contributed by atoms with Crippen LogP contribution in [0.25, 0.3) is 0 Å². The van der Waals surface area contributed by atoms with Crippen molar-refractivity contribution in [3.05, 3.63) is 15.8 Å². The molecule has 21 heavy (non-hydrogen) atoms. The molecule has 1 aromatic rings. The summed E-state index contributed by atoms with van der Waals surface area (Å²) in [5.41, 5.74) is 6.47. The van der Waals surface area contributed by atoms with Crippen molar-refractivity contribution >= 4 is 28.8 Å². The molecule has 2 amide bonds. The number of nitrogen functional groups attached to an aromatic ring is 1. The summed E-state index contributed by atoms with van der Waals surface area (Å²) in [6, 6.07) is 1.86. The van der Waals surface area contributed by atoms with Gasteiger partial charge in [-0.1, -0.05) is 0 Å². The molecule has 0 atom stereocenters. The average molecular weight is 311 g/mol. The lowest BCUT2D eigenvalue weighted by atomic mass is 10.0. The highest BCUT2D eigenvalue weighted by Crippen LogP contribution is 2.25. The van der Waals surface area contributed by atoms with Crippen molar-refractivity contribution in [3.63, 3.8) is 0 Å². The number of rotatable bonds is 4. The lowest BCUT2D eigenvalue weighted by molar-refractivity contribution is -0.125. The van der Waals surface area contributed by atoms with Gasteiger partial charge in [0.15, 0.2) is 0 Å². The molecule has 2 heterocycles. The Kier molecular flexibility index (Phi) is 5.19. The fourth-order valence-electron chi connectivity index (χ4n) is 2.38. The van der Waals surface area contributed by atoms with Gasteiger partial charge in [0.05, 0.1) is 4.88 Å². The van der Waals surface area contributed by atoms with Gasteiger partial charge in [-0.25, -0.2) is 0 Å². The minimum atomic E-state index is -0.107. The maximum absolute atomic E-state index is 12.4. The summed E-state index contributed by atoms with van der Waals surface area (Å²) >= 11 is 1.43. The Morgan fingerprint density at radius 2 is 2.14 bits per heavy atom. The number of anilines is 1. The van der Waals surface area contributed by atoms with Crippen LogP contribution >= 0.6 is 11.3 Å². The van der Waals surface area contributed by atoms with E-state index in [1.807, 2.05) is 11.8 Å². The van der Waals surface area contributed by atoms with E-state index in [9.17, 15) is 9.59 Å². The van der Waals surface area contributed by atoms with Crippen molar-refractivity contribution < 1.29 is 14.3 Å². The van der Waals surface area contributed by atoms with Crippen LogP contribution in [0.3, 0.4) is 0 Å². The van der Waals surface area contributed by atoms with Crippen LogP contribution in [-0.4, -0.2) is 49.6 Å². The third-order valence-corrected chi connectivity index (χ3v) is 4.64. The second-order valence-corrected chi connectivity index (χ2v) is 6.45. The number of hydrogen-bond donors (Lipinski definition) is 2. The predicted molar refractivity (Wildman–Crippen MR) is 82.4 cm³/mol. The zero-order valence-corrected chi connectivity index (χ0v) is 13.2. The molecule has 0 aliphatic carbocycles. The number of ether oxygens (including phenoxy) is 1. The van der Waals surface area contributed by atoms with E-state index in [1.54, 1.807) is 6.07 Å². The lowest BCUT2D eigenvalue weighted by Gasteiger charge is -2.32. The Bertz CT molecular complexity index is 502. The number of aryl methyl sites for hydroxylation is 1. The number of likely N-dealkylation sites (tertiary alicyclic amines) is 1. The molecule has 2 rings (SSSR count). The van der Waals surface area contributed by atoms with Crippen LogP contribution < -0.4 is 11.1 Å². The highest BCUT2D eigenvalue weighted by molar-refractivity contribution is 7.14. The molecule has 0 aromatic carbocycles. The maximum Gasteiger partial charge on any atom is 0.264 e. The maximum atomic E-state index is 12.4. The predicted octanol–water partition coefficient (Wildman–Crippen LogP) is 1.01. The molecule has 0 bridgehead atoms. The van der Waals surface area contributed by atoms with Crippen molar-refractivity contribution in [3.8, 4) is 0 Å². The van der Waals surface area contributed by atoms with Crippen molar-refractivity contribution in [2.75, 3.05) is 32.5 Å². The molecular weight excluding hydrogens is 290 g/mol. The first kappa shape index (κ1) is 15.8. The lowest BCUT2D eigenvalue weighted by Crippen LogP contribution is -2.47. The second-order valence-electron chi connectivity index (χ2n) is 5.19. The summed E-state index contributed by atoms with van der Waals surface area (Å²) in [5.74, 6) is -0.0783. The van der Waals surface area contributed by atoms with Gasteiger partial charge < -0.3 is 20.7 Å². The van der Waals surface area contributed by atoms with Crippen LogP contribution in [0.4, 0.5) is 5.69 Å². The van der Waals surface area contributed by atoms with Crippen LogP contribution in [-0.2, 0) is 9.53 Å². The van der Waals surface area contributed by atoms with Gasteiger partial charge in [-0.15, -0.1) is 11.3 Å². The molecule has 1 saturated heterocycles. The van der Waals surface area contributed by atoms with Crippen LogP contribution in [0.15, 0.2) is 6.07 Å². The molecule has 116 valence electrons. The van der Waals surface area contributed by atoms with E-state index in [-0.39, 0.29) is 24.5 Å².